The molecule has 76 valence electrons. The Labute approximate surface area is 95.4 Å². The van der Waals surface area contributed by atoms with Crippen molar-refractivity contribution in [1.82, 2.24) is 4.90 Å². The Hall–Kier alpha value is 0.690. The largest absolute Gasteiger partial charge is 0.288 e. The van der Waals surface area contributed by atoms with Crippen LogP contribution in [0.2, 0.25) is 0 Å². The van der Waals surface area contributed by atoms with Gasteiger partial charge in [-0.1, -0.05) is 36.4 Å². The molecule has 13 heavy (non-hydrogen) atoms. The molecule has 0 N–H and O–H groups in total. The van der Waals surface area contributed by atoms with E-state index in [1.807, 2.05) is 0 Å². The van der Waals surface area contributed by atoms with Crippen LogP contribution in [0.5, 0.6) is 0 Å². The van der Waals surface area contributed by atoms with E-state index < -0.39 is 0 Å². The third-order valence-electron chi connectivity index (χ3n) is 3.51. The van der Waals surface area contributed by atoms with E-state index in [-0.39, 0.29) is 0 Å². The van der Waals surface area contributed by atoms with E-state index in [2.05, 4.69) is 48.3 Å². The van der Waals surface area contributed by atoms with Crippen LogP contribution in [-0.2, 0) is 0 Å². The number of piperidine rings is 1. The molecule has 0 aromatic rings. The molecule has 2 heteroatoms. The van der Waals surface area contributed by atoms with Gasteiger partial charge in [0.1, 0.15) is 0 Å². The fourth-order valence-electron chi connectivity index (χ4n) is 2.81. The van der Waals surface area contributed by atoms with E-state index >= 15 is 0 Å². The predicted molar refractivity (Wildman–Crippen MR) is 65.0 cm³/mol. The topological polar surface area (TPSA) is 3.24 Å². The van der Waals surface area contributed by atoms with Crippen molar-refractivity contribution in [3.05, 3.63) is 0 Å². The minimum Gasteiger partial charge on any atom is -0.288 e. The fraction of sp³-hybridized carbons (Fsp3) is 1.00. The molecule has 0 aromatic heterocycles. The van der Waals surface area contributed by atoms with Crippen molar-refractivity contribution in [2.24, 2.45) is 17.8 Å². The Morgan fingerprint density at radius 3 is 2.62 bits per heavy atom. The van der Waals surface area contributed by atoms with E-state index in [0.29, 0.717) is 0 Å². The van der Waals surface area contributed by atoms with Gasteiger partial charge in [0.05, 0.1) is 4.05 Å². The van der Waals surface area contributed by atoms with Gasteiger partial charge in [-0.2, -0.15) is 0 Å². The SMILES string of the molecule is CC(C)CC1C2CC2CN1C(C)I. The van der Waals surface area contributed by atoms with Gasteiger partial charge in [-0.05, 0) is 37.5 Å². The third kappa shape index (κ3) is 2.04. The lowest BCUT2D eigenvalue weighted by molar-refractivity contribution is 0.195. The first-order valence-electron chi connectivity index (χ1n) is 5.49. The number of nitrogens with zero attached hydrogens (tertiary/aromatic N) is 1. The summed E-state index contributed by atoms with van der Waals surface area (Å²) in [6.45, 7) is 8.42. The predicted octanol–water partition coefficient (Wildman–Crippen LogP) is 3.13. The van der Waals surface area contributed by atoms with E-state index in [4.69, 9.17) is 0 Å². The lowest BCUT2D eigenvalue weighted by atomic mass is 10.00. The highest BCUT2D eigenvalue weighted by Crippen LogP contribution is 2.52. The van der Waals surface area contributed by atoms with Gasteiger partial charge in [0.2, 0.25) is 0 Å². The summed E-state index contributed by atoms with van der Waals surface area (Å²) < 4.78 is 0.731. The molecule has 0 bridgehead atoms. The number of halogens is 1. The number of fused-ring (bicyclic) bond motifs is 1. The molecule has 1 saturated carbocycles. The molecule has 0 amide bonds. The van der Waals surface area contributed by atoms with Crippen LogP contribution in [0.3, 0.4) is 0 Å². The quantitative estimate of drug-likeness (QED) is 0.439. The number of alkyl halides is 1. The van der Waals surface area contributed by atoms with Crippen molar-refractivity contribution in [3.8, 4) is 0 Å². The van der Waals surface area contributed by atoms with Crippen molar-refractivity contribution in [2.75, 3.05) is 6.54 Å². The maximum Gasteiger partial charge on any atom is 0.0592 e. The van der Waals surface area contributed by atoms with Crippen LogP contribution in [-0.4, -0.2) is 21.5 Å². The Balaban J connectivity index is 1.96. The molecule has 0 aromatic carbocycles. The minimum atomic E-state index is 0.731. The molecular formula is C11H20IN. The Kier molecular flexibility index (Phi) is 2.90. The highest BCUT2D eigenvalue weighted by atomic mass is 127. The standard InChI is InChI=1S/C11H20IN/c1-7(2)4-11-10-5-9(10)6-13(11)8(3)12/h7-11H,4-6H2,1-3H3. The molecule has 2 rings (SSSR count). The second-order valence-corrected chi connectivity index (χ2v) is 6.93. The van der Waals surface area contributed by atoms with Crippen molar-refractivity contribution in [1.29, 1.82) is 0 Å². The van der Waals surface area contributed by atoms with Crippen LogP contribution in [0.15, 0.2) is 0 Å². The van der Waals surface area contributed by atoms with Crippen LogP contribution in [0.4, 0.5) is 0 Å². The molecule has 1 heterocycles. The Morgan fingerprint density at radius 2 is 2.08 bits per heavy atom. The van der Waals surface area contributed by atoms with E-state index in [1.165, 1.54) is 19.4 Å². The molecule has 2 aliphatic rings. The fourth-order valence-corrected chi connectivity index (χ4v) is 3.45. The van der Waals surface area contributed by atoms with Crippen LogP contribution >= 0.6 is 22.6 Å². The lowest BCUT2D eigenvalue weighted by Gasteiger charge is -2.31. The monoisotopic (exact) mass is 293 g/mol. The number of hydrogen-bond donors (Lipinski definition) is 0. The average Bonchev–Trinajstić information content (AvgIpc) is 2.68. The minimum absolute atomic E-state index is 0.731. The van der Waals surface area contributed by atoms with Gasteiger partial charge >= 0.3 is 0 Å². The zero-order valence-corrected chi connectivity index (χ0v) is 11.0. The highest BCUT2D eigenvalue weighted by Gasteiger charge is 2.52. The summed E-state index contributed by atoms with van der Waals surface area (Å²) in [7, 11) is 0. The summed E-state index contributed by atoms with van der Waals surface area (Å²) in [4.78, 5) is 2.72. The van der Waals surface area contributed by atoms with Crippen LogP contribution in [0, 0.1) is 17.8 Å². The first-order chi connectivity index (χ1) is 6.09. The van der Waals surface area contributed by atoms with Gasteiger partial charge in [0.15, 0.2) is 0 Å². The molecule has 4 atom stereocenters. The van der Waals surface area contributed by atoms with E-state index in [9.17, 15) is 0 Å². The third-order valence-corrected chi connectivity index (χ3v) is 4.23. The molecule has 0 spiro atoms. The first-order valence-corrected chi connectivity index (χ1v) is 6.74. The molecular weight excluding hydrogens is 273 g/mol. The summed E-state index contributed by atoms with van der Waals surface area (Å²) >= 11 is 2.56. The second-order valence-electron chi connectivity index (χ2n) is 5.13. The van der Waals surface area contributed by atoms with Crippen molar-refractivity contribution < 1.29 is 0 Å². The number of hydrogen-bond acceptors (Lipinski definition) is 1. The maximum atomic E-state index is 2.72. The zero-order valence-electron chi connectivity index (χ0n) is 8.83. The Bertz CT molecular complexity index is 191. The van der Waals surface area contributed by atoms with Crippen molar-refractivity contribution in [3.63, 3.8) is 0 Å². The van der Waals surface area contributed by atoms with Gasteiger partial charge in [0, 0.05) is 12.6 Å². The summed E-state index contributed by atoms with van der Waals surface area (Å²) in [5.41, 5.74) is 0. The second kappa shape index (κ2) is 3.69. The molecule has 1 aliphatic heterocycles. The summed E-state index contributed by atoms with van der Waals surface area (Å²) in [5.74, 6) is 3.00. The van der Waals surface area contributed by atoms with Crippen LogP contribution < -0.4 is 0 Å². The van der Waals surface area contributed by atoms with Crippen LogP contribution in [0.1, 0.15) is 33.6 Å². The molecule has 2 fully saturated rings. The molecule has 4 unspecified atom stereocenters. The summed E-state index contributed by atoms with van der Waals surface area (Å²) in [6, 6.07) is 0.914. The summed E-state index contributed by atoms with van der Waals surface area (Å²) in [6.07, 6.45) is 2.94. The highest BCUT2D eigenvalue weighted by molar-refractivity contribution is 14.1. The van der Waals surface area contributed by atoms with Gasteiger partial charge in [-0.15, -0.1) is 0 Å². The van der Waals surface area contributed by atoms with Crippen LogP contribution in [0.25, 0.3) is 0 Å². The lowest BCUT2D eigenvalue weighted by Crippen LogP contribution is -2.37. The summed E-state index contributed by atoms with van der Waals surface area (Å²) in [5, 5.41) is 0. The molecule has 1 aliphatic carbocycles. The Morgan fingerprint density at radius 1 is 1.38 bits per heavy atom. The van der Waals surface area contributed by atoms with Crippen molar-refractivity contribution >= 4 is 22.6 Å². The average molecular weight is 293 g/mol. The molecule has 0 radical (unpaired) electrons. The molecule has 1 saturated heterocycles. The van der Waals surface area contributed by atoms with Gasteiger partial charge < -0.3 is 0 Å². The zero-order chi connectivity index (χ0) is 9.59. The maximum absolute atomic E-state index is 2.72. The van der Waals surface area contributed by atoms with E-state index in [0.717, 1.165) is 27.8 Å². The first kappa shape index (κ1) is 10.2. The number of rotatable bonds is 3. The van der Waals surface area contributed by atoms with Gasteiger partial charge in [0.25, 0.3) is 0 Å². The van der Waals surface area contributed by atoms with Gasteiger partial charge in [-0.25, -0.2) is 0 Å². The van der Waals surface area contributed by atoms with Crippen molar-refractivity contribution in [2.45, 2.75) is 43.7 Å². The molecule has 1 nitrogen and oxygen atoms in total. The normalized spacial score (nSPS) is 40.8. The number of likely N-dealkylation sites (tertiary alicyclic amines) is 1. The van der Waals surface area contributed by atoms with Gasteiger partial charge in [-0.3, -0.25) is 4.90 Å². The smallest absolute Gasteiger partial charge is 0.0592 e. The van der Waals surface area contributed by atoms with E-state index in [1.54, 1.807) is 0 Å².